The molecule has 1 aliphatic carbocycles. The normalized spacial score (nSPS) is 17.2. The highest BCUT2D eigenvalue weighted by atomic mass is 16.1. The van der Waals surface area contributed by atoms with E-state index in [1.54, 1.807) is 6.08 Å². The lowest BCUT2D eigenvalue weighted by Crippen LogP contribution is -1.92. The van der Waals surface area contributed by atoms with E-state index in [1.165, 1.54) is 0 Å². The summed E-state index contributed by atoms with van der Waals surface area (Å²) in [6, 6.07) is 0. The van der Waals surface area contributed by atoms with E-state index in [2.05, 4.69) is 6.58 Å². The summed E-state index contributed by atoms with van der Waals surface area (Å²) in [7, 11) is 0. The van der Waals surface area contributed by atoms with Crippen molar-refractivity contribution in [1.29, 1.82) is 0 Å². The van der Waals surface area contributed by atoms with Crippen molar-refractivity contribution in [3.8, 4) is 0 Å². The van der Waals surface area contributed by atoms with Crippen molar-refractivity contribution in [2.75, 3.05) is 0 Å². The molecule has 0 fully saturated rings. The molecule has 0 radical (unpaired) electrons. The molecule has 0 aliphatic heterocycles. The average molecular weight is 134 g/mol. The third kappa shape index (κ3) is 1.24. The molecule has 0 bridgehead atoms. The van der Waals surface area contributed by atoms with Crippen LogP contribution in [0.25, 0.3) is 0 Å². The van der Waals surface area contributed by atoms with E-state index in [9.17, 15) is 4.79 Å². The van der Waals surface area contributed by atoms with Crippen LogP contribution in [0.3, 0.4) is 0 Å². The molecule has 0 unspecified atom stereocenters. The third-order valence-electron chi connectivity index (χ3n) is 1.62. The van der Waals surface area contributed by atoms with Gasteiger partial charge in [-0.05, 0) is 18.4 Å². The van der Waals surface area contributed by atoms with Gasteiger partial charge in [0.25, 0.3) is 0 Å². The highest BCUT2D eigenvalue weighted by Crippen LogP contribution is 2.17. The highest BCUT2D eigenvalue weighted by molar-refractivity contribution is 5.80. The minimum Gasteiger partial charge on any atom is -0.298 e. The molecule has 0 aromatic heterocycles. The van der Waals surface area contributed by atoms with Gasteiger partial charge in [-0.15, -0.1) is 0 Å². The molecule has 52 valence electrons. The summed E-state index contributed by atoms with van der Waals surface area (Å²) in [5.74, 6) is 0. The second-order valence-electron chi connectivity index (χ2n) is 2.24. The summed E-state index contributed by atoms with van der Waals surface area (Å²) in [5.41, 5.74) is 1.85. The van der Waals surface area contributed by atoms with Gasteiger partial charge in [-0.3, -0.25) is 4.79 Å². The molecule has 10 heavy (non-hydrogen) atoms. The Labute approximate surface area is 60.7 Å². The smallest absolute Gasteiger partial charge is 0.150 e. The van der Waals surface area contributed by atoms with Crippen LogP contribution in [0.15, 0.2) is 36.0 Å². The molecule has 0 atom stereocenters. The molecular formula is C9H10O. The predicted molar refractivity (Wildman–Crippen MR) is 41.7 cm³/mol. The first kappa shape index (κ1) is 7.00. The summed E-state index contributed by atoms with van der Waals surface area (Å²) < 4.78 is 0. The van der Waals surface area contributed by atoms with Crippen LogP contribution >= 0.6 is 0 Å². The standard InChI is InChI=1S/C9H10O/c1-2-8-5-3-4-6-9(8)7-10/h2,4,6-7H,1,3,5H2. The monoisotopic (exact) mass is 134 g/mol. The predicted octanol–water partition coefficient (Wildman–Crippen LogP) is 2.02. The molecule has 0 N–H and O–H groups in total. The van der Waals surface area contributed by atoms with Crippen LogP contribution in [0, 0.1) is 0 Å². The van der Waals surface area contributed by atoms with Crippen molar-refractivity contribution in [1.82, 2.24) is 0 Å². The molecular weight excluding hydrogens is 124 g/mol. The van der Waals surface area contributed by atoms with Crippen LogP contribution in [-0.2, 0) is 4.79 Å². The zero-order chi connectivity index (χ0) is 7.40. The second kappa shape index (κ2) is 3.16. The van der Waals surface area contributed by atoms with Gasteiger partial charge < -0.3 is 0 Å². The van der Waals surface area contributed by atoms with Crippen molar-refractivity contribution >= 4 is 6.29 Å². The fourth-order valence-electron chi connectivity index (χ4n) is 1.04. The van der Waals surface area contributed by atoms with E-state index in [1.807, 2.05) is 12.2 Å². The molecule has 0 saturated carbocycles. The van der Waals surface area contributed by atoms with Crippen molar-refractivity contribution in [3.05, 3.63) is 36.0 Å². The Morgan fingerprint density at radius 3 is 2.90 bits per heavy atom. The van der Waals surface area contributed by atoms with Crippen LogP contribution in [0.5, 0.6) is 0 Å². The zero-order valence-electron chi connectivity index (χ0n) is 5.84. The van der Waals surface area contributed by atoms with Crippen LogP contribution < -0.4 is 0 Å². The molecule has 0 aromatic rings. The molecule has 0 amide bonds. The molecule has 1 nitrogen and oxygen atoms in total. The Morgan fingerprint density at radius 2 is 2.40 bits per heavy atom. The maximum atomic E-state index is 10.4. The van der Waals surface area contributed by atoms with E-state index in [0.29, 0.717) is 0 Å². The van der Waals surface area contributed by atoms with Gasteiger partial charge in [0.2, 0.25) is 0 Å². The fraction of sp³-hybridized carbons (Fsp3) is 0.222. The number of allylic oxidation sites excluding steroid dienone is 5. The van der Waals surface area contributed by atoms with Crippen molar-refractivity contribution in [2.24, 2.45) is 0 Å². The largest absolute Gasteiger partial charge is 0.298 e. The van der Waals surface area contributed by atoms with E-state index in [-0.39, 0.29) is 0 Å². The molecule has 1 aliphatic rings. The number of carbonyl (C=O) groups excluding carboxylic acids is 1. The van der Waals surface area contributed by atoms with Gasteiger partial charge in [-0.25, -0.2) is 0 Å². The summed E-state index contributed by atoms with van der Waals surface area (Å²) >= 11 is 0. The Kier molecular flexibility index (Phi) is 2.21. The van der Waals surface area contributed by atoms with E-state index >= 15 is 0 Å². The van der Waals surface area contributed by atoms with E-state index < -0.39 is 0 Å². The Hall–Kier alpha value is -1.11. The molecule has 1 rings (SSSR count). The van der Waals surface area contributed by atoms with Crippen molar-refractivity contribution < 1.29 is 4.79 Å². The number of hydrogen-bond donors (Lipinski definition) is 0. The van der Waals surface area contributed by atoms with Gasteiger partial charge in [-0.2, -0.15) is 0 Å². The van der Waals surface area contributed by atoms with Gasteiger partial charge in [0.1, 0.15) is 6.29 Å². The van der Waals surface area contributed by atoms with Crippen molar-refractivity contribution in [3.63, 3.8) is 0 Å². The molecule has 0 heterocycles. The second-order valence-corrected chi connectivity index (χ2v) is 2.24. The Bertz CT molecular complexity index is 209. The van der Waals surface area contributed by atoms with Crippen LogP contribution in [-0.4, -0.2) is 6.29 Å². The first-order valence-electron chi connectivity index (χ1n) is 3.36. The number of rotatable bonds is 2. The number of carbonyl (C=O) groups is 1. The lowest BCUT2D eigenvalue weighted by molar-refractivity contribution is -0.104. The number of hydrogen-bond acceptors (Lipinski definition) is 1. The summed E-state index contributed by atoms with van der Waals surface area (Å²) in [6.45, 7) is 3.63. The van der Waals surface area contributed by atoms with Crippen LogP contribution in [0.2, 0.25) is 0 Å². The summed E-state index contributed by atoms with van der Waals surface area (Å²) in [6.07, 6.45) is 8.48. The SMILES string of the molecule is C=CC1=C(C=O)C=CCC1. The molecule has 0 aromatic carbocycles. The minimum atomic E-state index is 0.779. The van der Waals surface area contributed by atoms with Crippen molar-refractivity contribution in [2.45, 2.75) is 12.8 Å². The number of aldehydes is 1. The van der Waals surface area contributed by atoms with Gasteiger partial charge in [-0.1, -0.05) is 24.8 Å². The van der Waals surface area contributed by atoms with Gasteiger partial charge in [0.15, 0.2) is 0 Å². The maximum Gasteiger partial charge on any atom is 0.150 e. The maximum absolute atomic E-state index is 10.4. The van der Waals surface area contributed by atoms with Crippen LogP contribution in [0.4, 0.5) is 0 Å². The topological polar surface area (TPSA) is 17.1 Å². The lowest BCUT2D eigenvalue weighted by atomic mass is 9.99. The summed E-state index contributed by atoms with van der Waals surface area (Å²) in [5, 5.41) is 0. The highest BCUT2D eigenvalue weighted by Gasteiger charge is 2.02. The molecule has 0 saturated heterocycles. The zero-order valence-corrected chi connectivity index (χ0v) is 5.84. The molecule has 1 heteroatoms. The fourth-order valence-corrected chi connectivity index (χ4v) is 1.04. The first-order chi connectivity index (χ1) is 4.88. The summed E-state index contributed by atoms with van der Waals surface area (Å²) in [4.78, 5) is 10.4. The minimum absolute atomic E-state index is 0.779. The Morgan fingerprint density at radius 1 is 1.60 bits per heavy atom. The lowest BCUT2D eigenvalue weighted by Gasteiger charge is -2.06. The van der Waals surface area contributed by atoms with Gasteiger partial charge >= 0.3 is 0 Å². The molecule has 0 spiro atoms. The van der Waals surface area contributed by atoms with Crippen LogP contribution in [0.1, 0.15) is 12.8 Å². The van der Waals surface area contributed by atoms with E-state index in [0.717, 1.165) is 30.3 Å². The first-order valence-corrected chi connectivity index (χ1v) is 3.36. The quantitative estimate of drug-likeness (QED) is 0.528. The Balaban J connectivity index is 2.94. The van der Waals surface area contributed by atoms with Gasteiger partial charge in [0.05, 0.1) is 0 Å². The third-order valence-corrected chi connectivity index (χ3v) is 1.62. The van der Waals surface area contributed by atoms with Gasteiger partial charge in [0, 0.05) is 5.57 Å². The average Bonchev–Trinajstić information content (AvgIpc) is 2.04. The van der Waals surface area contributed by atoms with E-state index in [4.69, 9.17) is 0 Å².